The molecule has 0 spiro atoms. The fourth-order valence-electron chi connectivity index (χ4n) is 1.16. The van der Waals surface area contributed by atoms with Crippen molar-refractivity contribution in [3.05, 3.63) is 32.7 Å². The van der Waals surface area contributed by atoms with Gasteiger partial charge in [0.15, 0.2) is 0 Å². The molecule has 0 aliphatic heterocycles. The van der Waals surface area contributed by atoms with Gasteiger partial charge in [-0.15, -0.1) is 12.3 Å². The van der Waals surface area contributed by atoms with Crippen molar-refractivity contribution < 1.29 is 0 Å². The molecule has 4 heteroatoms. The van der Waals surface area contributed by atoms with Gasteiger partial charge in [-0.2, -0.15) is 0 Å². The molecule has 0 amide bonds. The minimum absolute atomic E-state index is 0.0214. The molecule has 0 heterocycles. The zero-order valence-electron chi connectivity index (χ0n) is 7.43. The molecule has 1 aromatic carbocycles. The number of rotatable bonds is 3. The third-order valence-electron chi connectivity index (χ3n) is 1.86. The highest BCUT2D eigenvalue weighted by molar-refractivity contribution is 9.11. The molecule has 0 saturated carbocycles. The summed E-state index contributed by atoms with van der Waals surface area (Å²) in [5, 5.41) is 0. The lowest BCUT2D eigenvalue weighted by Crippen LogP contribution is -2.27. The van der Waals surface area contributed by atoms with Gasteiger partial charge in [0.1, 0.15) is 0 Å². The molecule has 0 fully saturated rings. The van der Waals surface area contributed by atoms with Crippen molar-refractivity contribution >= 4 is 31.9 Å². The highest BCUT2D eigenvalue weighted by atomic mass is 79.9. The predicted molar refractivity (Wildman–Crippen MR) is 65.4 cm³/mol. The van der Waals surface area contributed by atoms with Crippen LogP contribution in [0, 0.1) is 12.3 Å². The lowest BCUT2D eigenvalue weighted by molar-refractivity contribution is 0.566. The first-order valence-electron chi connectivity index (χ1n) is 4.03. The van der Waals surface area contributed by atoms with Crippen LogP contribution in [0.25, 0.3) is 0 Å². The van der Waals surface area contributed by atoms with E-state index < -0.39 is 0 Å². The van der Waals surface area contributed by atoms with E-state index in [1.165, 1.54) is 0 Å². The zero-order chi connectivity index (χ0) is 10.6. The van der Waals surface area contributed by atoms with Gasteiger partial charge in [0.05, 0.1) is 6.04 Å². The summed E-state index contributed by atoms with van der Waals surface area (Å²) in [7, 11) is 0. The van der Waals surface area contributed by atoms with E-state index >= 15 is 0 Å². The number of hydrogen-bond donors (Lipinski definition) is 2. The van der Waals surface area contributed by atoms with Crippen molar-refractivity contribution in [3.8, 4) is 12.3 Å². The molecule has 2 nitrogen and oxygen atoms in total. The second-order valence-electron chi connectivity index (χ2n) is 2.79. The van der Waals surface area contributed by atoms with E-state index in [4.69, 9.17) is 12.3 Å². The van der Waals surface area contributed by atoms with E-state index in [0.29, 0.717) is 6.42 Å². The largest absolute Gasteiger partial charge is 0.271 e. The van der Waals surface area contributed by atoms with Gasteiger partial charge in [0.2, 0.25) is 0 Å². The molecule has 1 atom stereocenters. The zero-order valence-corrected chi connectivity index (χ0v) is 10.6. The molecule has 0 aliphatic carbocycles. The minimum atomic E-state index is -0.0214. The quantitative estimate of drug-likeness (QED) is 0.511. The molecule has 0 radical (unpaired) electrons. The number of nitrogens with one attached hydrogen (secondary N) is 1. The molecular formula is C10H10Br2N2. The van der Waals surface area contributed by atoms with Crippen molar-refractivity contribution in [2.24, 2.45) is 5.84 Å². The highest BCUT2D eigenvalue weighted by Gasteiger charge is 2.11. The Balaban J connectivity index is 3.03. The maximum Gasteiger partial charge on any atom is 0.0580 e. The molecular weight excluding hydrogens is 308 g/mol. The van der Waals surface area contributed by atoms with Crippen molar-refractivity contribution in [3.63, 3.8) is 0 Å². The Morgan fingerprint density at radius 1 is 1.50 bits per heavy atom. The molecule has 0 bridgehead atoms. The first kappa shape index (κ1) is 11.7. The highest BCUT2D eigenvalue weighted by Crippen LogP contribution is 2.27. The maximum absolute atomic E-state index is 5.43. The Labute approximate surface area is 100 Å². The topological polar surface area (TPSA) is 38.0 Å². The van der Waals surface area contributed by atoms with E-state index in [-0.39, 0.29) is 6.04 Å². The molecule has 1 rings (SSSR count). The van der Waals surface area contributed by atoms with Gasteiger partial charge >= 0.3 is 0 Å². The molecule has 0 saturated heterocycles. The van der Waals surface area contributed by atoms with Crippen molar-refractivity contribution in [1.29, 1.82) is 0 Å². The van der Waals surface area contributed by atoms with E-state index in [9.17, 15) is 0 Å². The molecule has 1 unspecified atom stereocenters. The smallest absolute Gasteiger partial charge is 0.0580 e. The van der Waals surface area contributed by atoms with E-state index in [2.05, 4.69) is 43.2 Å². The average molecular weight is 318 g/mol. The summed E-state index contributed by atoms with van der Waals surface area (Å²) in [6.07, 6.45) is 5.82. The number of terminal acetylenes is 1. The number of halogens is 2. The first-order chi connectivity index (χ1) is 6.69. The van der Waals surface area contributed by atoms with Gasteiger partial charge in [-0.3, -0.25) is 11.3 Å². The van der Waals surface area contributed by atoms with Gasteiger partial charge in [0.25, 0.3) is 0 Å². The number of hydrazine groups is 1. The van der Waals surface area contributed by atoms with Crippen LogP contribution in [0.3, 0.4) is 0 Å². The summed E-state index contributed by atoms with van der Waals surface area (Å²) in [5.41, 5.74) is 3.75. The second kappa shape index (κ2) is 5.52. The molecule has 74 valence electrons. The summed E-state index contributed by atoms with van der Waals surface area (Å²) in [6, 6.07) is 5.88. The van der Waals surface area contributed by atoms with E-state index in [1.54, 1.807) is 0 Å². The average Bonchev–Trinajstić information content (AvgIpc) is 2.18. The molecule has 3 N–H and O–H groups in total. The van der Waals surface area contributed by atoms with E-state index in [0.717, 1.165) is 14.5 Å². The van der Waals surface area contributed by atoms with Crippen molar-refractivity contribution in [2.75, 3.05) is 0 Å². The van der Waals surface area contributed by atoms with Crippen molar-refractivity contribution in [1.82, 2.24) is 5.43 Å². The maximum atomic E-state index is 5.43. The fraction of sp³-hybridized carbons (Fsp3) is 0.200. The Morgan fingerprint density at radius 3 is 2.79 bits per heavy atom. The Kier molecular flexibility index (Phi) is 4.63. The Hall–Kier alpha value is -0.340. The van der Waals surface area contributed by atoms with Gasteiger partial charge in [-0.25, -0.2) is 0 Å². The monoisotopic (exact) mass is 316 g/mol. The van der Waals surface area contributed by atoms with Crippen LogP contribution in [0.2, 0.25) is 0 Å². The number of benzene rings is 1. The Morgan fingerprint density at radius 2 is 2.21 bits per heavy atom. The third kappa shape index (κ3) is 2.82. The van der Waals surface area contributed by atoms with Crippen LogP contribution >= 0.6 is 31.9 Å². The van der Waals surface area contributed by atoms with Gasteiger partial charge in [-0.05, 0) is 23.8 Å². The third-order valence-corrected chi connectivity index (χ3v) is 3.07. The van der Waals surface area contributed by atoms with Crippen LogP contribution in [0.15, 0.2) is 27.1 Å². The SMILES string of the molecule is C#CCC(NN)c1cc(Br)ccc1Br. The number of hydrogen-bond acceptors (Lipinski definition) is 2. The predicted octanol–water partition coefficient (Wildman–Crippen LogP) is 2.74. The Bertz CT molecular complexity index is 358. The van der Waals surface area contributed by atoms with Gasteiger partial charge < -0.3 is 0 Å². The molecule has 0 aromatic heterocycles. The summed E-state index contributed by atoms with van der Waals surface area (Å²) in [5.74, 6) is 8.01. The van der Waals surface area contributed by atoms with Crippen LogP contribution in [-0.4, -0.2) is 0 Å². The first-order valence-corrected chi connectivity index (χ1v) is 5.62. The minimum Gasteiger partial charge on any atom is -0.271 e. The standard InChI is InChI=1S/C10H10Br2N2/c1-2-3-10(14-13)8-6-7(11)4-5-9(8)12/h1,4-6,10,14H,3,13H2. The van der Waals surface area contributed by atoms with E-state index in [1.807, 2.05) is 18.2 Å². The molecule has 0 aliphatic rings. The summed E-state index contributed by atoms with van der Waals surface area (Å²) in [6.45, 7) is 0. The molecule has 14 heavy (non-hydrogen) atoms. The summed E-state index contributed by atoms with van der Waals surface area (Å²) < 4.78 is 2.01. The van der Waals surface area contributed by atoms with Crippen LogP contribution in [0.4, 0.5) is 0 Å². The van der Waals surface area contributed by atoms with Crippen LogP contribution in [-0.2, 0) is 0 Å². The van der Waals surface area contributed by atoms with Crippen LogP contribution in [0.5, 0.6) is 0 Å². The fourth-order valence-corrected chi connectivity index (χ4v) is 2.06. The van der Waals surface area contributed by atoms with Gasteiger partial charge in [0, 0.05) is 15.4 Å². The second-order valence-corrected chi connectivity index (χ2v) is 4.56. The number of nitrogens with two attached hydrogens (primary N) is 1. The summed E-state index contributed by atoms with van der Waals surface area (Å²) in [4.78, 5) is 0. The molecule has 1 aromatic rings. The van der Waals surface area contributed by atoms with Gasteiger partial charge in [-0.1, -0.05) is 31.9 Å². The van der Waals surface area contributed by atoms with Crippen LogP contribution < -0.4 is 11.3 Å². The lowest BCUT2D eigenvalue weighted by atomic mass is 10.1. The van der Waals surface area contributed by atoms with Crippen molar-refractivity contribution in [2.45, 2.75) is 12.5 Å². The summed E-state index contributed by atoms with van der Waals surface area (Å²) >= 11 is 6.86. The normalized spacial score (nSPS) is 12.1. The van der Waals surface area contributed by atoms with Crippen LogP contribution in [0.1, 0.15) is 18.0 Å². The lowest BCUT2D eigenvalue weighted by Gasteiger charge is -2.15.